The van der Waals surface area contributed by atoms with Gasteiger partial charge in [-0.2, -0.15) is 5.10 Å². The summed E-state index contributed by atoms with van der Waals surface area (Å²) in [5.74, 6) is 2.22. The van der Waals surface area contributed by atoms with Gasteiger partial charge in [-0.3, -0.25) is 4.68 Å². The van der Waals surface area contributed by atoms with E-state index in [0.29, 0.717) is 18.8 Å². The topological polar surface area (TPSA) is 71.5 Å². The lowest BCUT2D eigenvalue weighted by atomic mass is 10.3. The summed E-state index contributed by atoms with van der Waals surface area (Å²) < 4.78 is 17.8. The van der Waals surface area contributed by atoms with E-state index in [2.05, 4.69) is 5.10 Å². The van der Waals surface area contributed by atoms with E-state index < -0.39 is 0 Å². The first kappa shape index (κ1) is 10.8. The van der Waals surface area contributed by atoms with Gasteiger partial charge in [0.1, 0.15) is 12.4 Å². The van der Waals surface area contributed by atoms with Gasteiger partial charge in [0.15, 0.2) is 11.5 Å². The van der Waals surface area contributed by atoms with Gasteiger partial charge in [-0.25, -0.2) is 0 Å². The van der Waals surface area contributed by atoms with Crippen molar-refractivity contribution in [2.45, 2.75) is 6.54 Å². The zero-order valence-corrected chi connectivity index (χ0v) is 9.70. The molecule has 18 heavy (non-hydrogen) atoms. The van der Waals surface area contributed by atoms with Crippen LogP contribution in [0, 0.1) is 0 Å². The fraction of sp³-hybridized carbons (Fsp3) is 0.250. The first-order valence-corrected chi connectivity index (χ1v) is 5.62. The van der Waals surface area contributed by atoms with Crippen LogP contribution in [0.5, 0.6) is 17.2 Å². The number of nitrogens with zero attached hydrogens (tertiary/aromatic N) is 2. The van der Waals surface area contributed by atoms with Crippen molar-refractivity contribution in [2.75, 3.05) is 19.1 Å². The van der Waals surface area contributed by atoms with Crippen LogP contribution in [-0.4, -0.2) is 23.2 Å². The summed E-state index contributed by atoms with van der Waals surface area (Å²) in [7, 11) is 0. The molecule has 0 radical (unpaired) electrons. The van der Waals surface area contributed by atoms with E-state index in [1.54, 1.807) is 17.1 Å². The maximum Gasteiger partial charge on any atom is 0.231 e. The van der Waals surface area contributed by atoms with Gasteiger partial charge in [-0.05, 0) is 12.1 Å². The number of fused-ring (bicyclic) bond motifs is 1. The highest BCUT2D eigenvalue weighted by molar-refractivity contribution is 5.46. The predicted molar refractivity (Wildman–Crippen MR) is 64.7 cm³/mol. The minimum Gasteiger partial charge on any atom is -0.492 e. The Hall–Kier alpha value is -2.37. The van der Waals surface area contributed by atoms with Gasteiger partial charge >= 0.3 is 0 Å². The number of hydrogen-bond acceptors (Lipinski definition) is 5. The molecule has 1 aliphatic rings. The molecule has 0 spiro atoms. The van der Waals surface area contributed by atoms with Crippen molar-refractivity contribution < 1.29 is 14.2 Å². The number of benzene rings is 1. The van der Waals surface area contributed by atoms with Crippen molar-refractivity contribution in [1.29, 1.82) is 0 Å². The molecule has 94 valence electrons. The van der Waals surface area contributed by atoms with Gasteiger partial charge in [-0.1, -0.05) is 0 Å². The van der Waals surface area contributed by atoms with Crippen molar-refractivity contribution in [3.63, 3.8) is 0 Å². The SMILES string of the molecule is Nc1cnn(CCOc2ccc3c(c2)OCO3)c1. The highest BCUT2D eigenvalue weighted by Gasteiger charge is 2.13. The van der Waals surface area contributed by atoms with E-state index >= 15 is 0 Å². The molecule has 0 atom stereocenters. The van der Waals surface area contributed by atoms with Gasteiger partial charge < -0.3 is 19.9 Å². The lowest BCUT2D eigenvalue weighted by Gasteiger charge is -2.06. The highest BCUT2D eigenvalue weighted by atomic mass is 16.7. The monoisotopic (exact) mass is 247 g/mol. The summed E-state index contributed by atoms with van der Waals surface area (Å²) in [5.41, 5.74) is 6.22. The second-order valence-corrected chi connectivity index (χ2v) is 3.90. The number of anilines is 1. The van der Waals surface area contributed by atoms with Crippen molar-refractivity contribution in [3.8, 4) is 17.2 Å². The Kier molecular flexibility index (Phi) is 2.68. The van der Waals surface area contributed by atoms with Crippen LogP contribution in [0.25, 0.3) is 0 Å². The maximum atomic E-state index is 5.61. The molecule has 0 fully saturated rings. The zero-order chi connectivity index (χ0) is 12.4. The minimum atomic E-state index is 0.269. The number of nitrogen functional groups attached to an aromatic ring is 1. The number of rotatable bonds is 4. The van der Waals surface area contributed by atoms with Crippen LogP contribution in [0.1, 0.15) is 0 Å². The number of hydrogen-bond donors (Lipinski definition) is 1. The van der Waals surface area contributed by atoms with E-state index in [1.165, 1.54) is 0 Å². The van der Waals surface area contributed by atoms with Crippen molar-refractivity contribution in [3.05, 3.63) is 30.6 Å². The molecule has 3 rings (SSSR count). The Morgan fingerprint density at radius 1 is 1.33 bits per heavy atom. The Bertz CT molecular complexity index is 553. The molecule has 0 unspecified atom stereocenters. The first-order chi connectivity index (χ1) is 8.81. The standard InChI is InChI=1S/C12H13N3O3/c13-9-6-14-15(7-9)3-4-16-10-1-2-11-12(5-10)18-8-17-11/h1-2,5-7H,3-4,8,13H2. The largest absolute Gasteiger partial charge is 0.492 e. The molecule has 1 aromatic heterocycles. The Morgan fingerprint density at radius 2 is 2.22 bits per heavy atom. The van der Waals surface area contributed by atoms with Crippen LogP contribution in [0.4, 0.5) is 5.69 Å². The molecule has 2 aromatic rings. The molecule has 1 aromatic carbocycles. The molecule has 1 aliphatic heterocycles. The number of ether oxygens (including phenoxy) is 3. The van der Waals surface area contributed by atoms with Crippen molar-refractivity contribution in [2.24, 2.45) is 0 Å². The van der Waals surface area contributed by atoms with Crippen LogP contribution >= 0.6 is 0 Å². The van der Waals surface area contributed by atoms with Gasteiger partial charge in [0, 0.05) is 12.3 Å². The molecule has 6 nitrogen and oxygen atoms in total. The third kappa shape index (κ3) is 2.17. The quantitative estimate of drug-likeness (QED) is 0.881. The predicted octanol–water partition coefficient (Wildman–Crippen LogP) is 1.27. The van der Waals surface area contributed by atoms with E-state index in [0.717, 1.165) is 17.2 Å². The molecule has 0 saturated heterocycles. The average Bonchev–Trinajstić information content (AvgIpc) is 2.97. The number of nitrogens with two attached hydrogens (primary N) is 1. The van der Waals surface area contributed by atoms with Crippen molar-refractivity contribution >= 4 is 5.69 Å². The van der Waals surface area contributed by atoms with E-state index in [-0.39, 0.29) is 6.79 Å². The fourth-order valence-electron chi connectivity index (χ4n) is 1.73. The molecule has 2 N–H and O–H groups in total. The molecule has 6 heteroatoms. The lowest BCUT2D eigenvalue weighted by Crippen LogP contribution is -2.08. The van der Waals surface area contributed by atoms with Crippen LogP contribution in [-0.2, 0) is 6.54 Å². The van der Waals surface area contributed by atoms with Gasteiger partial charge in [0.2, 0.25) is 6.79 Å². The lowest BCUT2D eigenvalue weighted by molar-refractivity contribution is 0.173. The minimum absolute atomic E-state index is 0.269. The van der Waals surface area contributed by atoms with Crippen LogP contribution in [0.2, 0.25) is 0 Å². The van der Waals surface area contributed by atoms with Gasteiger partial charge in [0.05, 0.1) is 18.4 Å². The first-order valence-electron chi connectivity index (χ1n) is 5.62. The maximum absolute atomic E-state index is 5.61. The third-order valence-electron chi connectivity index (χ3n) is 2.59. The summed E-state index contributed by atoms with van der Waals surface area (Å²) in [6, 6.07) is 5.51. The summed E-state index contributed by atoms with van der Waals surface area (Å²) in [5, 5.41) is 4.07. The average molecular weight is 247 g/mol. The van der Waals surface area contributed by atoms with Crippen LogP contribution in [0.15, 0.2) is 30.6 Å². The molecule has 0 amide bonds. The molecule has 0 saturated carbocycles. The molecular formula is C12H13N3O3. The van der Waals surface area contributed by atoms with E-state index in [1.807, 2.05) is 18.2 Å². The number of aromatic nitrogens is 2. The van der Waals surface area contributed by atoms with Gasteiger partial charge in [-0.15, -0.1) is 0 Å². The zero-order valence-electron chi connectivity index (χ0n) is 9.70. The highest BCUT2D eigenvalue weighted by Crippen LogP contribution is 2.34. The summed E-state index contributed by atoms with van der Waals surface area (Å²) in [6.45, 7) is 1.43. The van der Waals surface area contributed by atoms with Crippen molar-refractivity contribution in [1.82, 2.24) is 9.78 Å². The Labute approximate surface area is 104 Å². The molecule has 0 bridgehead atoms. The molecule has 2 heterocycles. The van der Waals surface area contributed by atoms with Crippen LogP contribution < -0.4 is 19.9 Å². The summed E-state index contributed by atoms with van der Waals surface area (Å²) in [4.78, 5) is 0. The fourth-order valence-corrected chi connectivity index (χ4v) is 1.73. The van der Waals surface area contributed by atoms with E-state index in [9.17, 15) is 0 Å². The molecular weight excluding hydrogens is 234 g/mol. The van der Waals surface area contributed by atoms with Crippen LogP contribution in [0.3, 0.4) is 0 Å². The van der Waals surface area contributed by atoms with E-state index in [4.69, 9.17) is 19.9 Å². The van der Waals surface area contributed by atoms with Gasteiger partial charge in [0.25, 0.3) is 0 Å². The third-order valence-corrected chi connectivity index (χ3v) is 2.59. The molecule has 0 aliphatic carbocycles. The second-order valence-electron chi connectivity index (χ2n) is 3.90. The normalized spacial score (nSPS) is 12.7. The Morgan fingerprint density at radius 3 is 3.06 bits per heavy atom. The smallest absolute Gasteiger partial charge is 0.231 e. The second kappa shape index (κ2) is 4.48. The summed E-state index contributed by atoms with van der Waals surface area (Å²) >= 11 is 0. The Balaban J connectivity index is 1.57. The summed E-state index contributed by atoms with van der Waals surface area (Å²) in [6.07, 6.45) is 3.38.